The molecule has 0 aliphatic heterocycles. The van der Waals surface area contributed by atoms with Crippen LogP contribution in [-0.2, 0) is 4.79 Å². The van der Waals surface area contributed by atoms with E-state index in [1.165, 1.54) is 29.5 Å². The Morgan fingerprint density at radius 3 is 2.67 bits per heavy atom. The van der Waals surface area contributed by atoms with Gasteiger partial charge in [0.15, 0.2) is 0 Å². The zero-order chi connectivity index (χ0) is 15.4. The van der Waals surface area contributed by atoms with Crippen molar-refractivity contribution in [3.63, 3.8) is 0 Å². The average molecular weight is 366 g/mol. The molecule has 2 N–H and O–H groups in total. The average Bonchev–Trinajstić information content (AvgIpc) is 2.84. The molecule has 6 heteroatoms. The van der Waals surface area contributed by atoms with Gasteiger partial charge in [0.1, 0.15) is 0 Å². The van der Waals surface area contributed by atoms with E-state index in [-0.39, 0.29) is 11.5 Å². The summed E-state index contributed by atoms with van der Waals surface area (Å²) in [4.78, 5) is 23.8. The Morgan fingerprint density at radius 2 is 2.05 bits per heavy atom. The van der Waals surface area contributed by atoms with Crippen LogP contribution >= 0.6 is 27.3 Å². The standard InChI is InChI=1S/C15H12BrNO3S/c1-9-2-3-10(15(19)20)8-12(9)17-14(18)7-5-11-4-6-13(16)21-11/h2-8H,1H3,(H,17,18)(H,19,20)/b7-5+. The van der Waals surface area contributed by atoms with E-state index in [1.807, 2.05) is 12.1 Å². The molecule has 0 aliphatic carbocycles. The lowest BCUT2D eigenvalue weighted by atomic mass is 10.1. The molecular weight excluding hydrogens is 354 g/mol. The van der Waals surface area contributed by atoms with Crippen molar-refractivity contribution in [2.75, 3.05) is 5.32 Å². The molecule has 0 bridgehead atoms. The van der Waals surface area contributed by atoms with E-state index >= 15 is 0 Å². The van der Waals surface area contributed by atoms with Crippen LogP contribution in [0.25, 0.3) is 6.08 Å². The molecule has 1 heterocycles. The summed E-state index contributed by atoms with van der Waals surface area (Å²) in [5.74, 6) is -1.32. The summed E-state index contributed by atoms with van der Waals surface area (Å²) in [7, 11) is 0. The Hall–Kier alpha value is -1.92. The summed E-state index contributed by atoms with van der Waals surface area (Å²) in [6, 6.07) is 8.42. The molecule has 1 amide bonds. The van der Waals surface area contributed by atoms with E-state index in [1.54, 1.807) is 19.1 Å². The van der Waals surface area contributed by atoms with Gasteiger partial charge in [-0.25, -0.2) is 4.79 Å². The van der Waals surface area contributed by atoms with Gasteiger partial charge in [-0.3, -0.25) is 4.79 Å². The van der Waals surface area contributed by atoms with Crippen molar-refractivity contribution in [3.8, 4) is 0 Å². The summed E-state index contributed by atoms with van der Waals surface area (Å²) in [5, 5.41) is 11.6. The fourth-order valence-corrected chi connectivity index (χ4v) is 2.97. The van der Waals surface area contributed by atoms with Gasteiger partial charge in [0.2, 0.25) is 5.91 Å². The van der Waals surface area contributed by atoms with E-state index in [2.05, 4.69) is 21.2 Å². The summed E-state index contributed by atoms with van der Waals surface area (Å²) in [6.45, 7) is 1.81. The third-order valence-electron chi connectivity index (χ3n) is 2.74. The van der Waals surface area contributed by atoms with Crippen molar-refractivity contribution in [2.24, 2.45) is 0 Å². The highest BCUT2D eigenvalue weighted by molar-refractivity contribution is 9.11. The van der Waals surface area contributed by atoms with Crippen LogP contribution in [-0.4, -0.2) is 17.0 Å². The van der Waals surface area contributed by atoms with Crippen molar-refractivity contribution in [2.45, 2.75) is 6.92 Å². The smallest absolute Gasteiger partial charge is 0.335 e. The lowest BCUT2D eigenvalue weighted by Gasteiger charge is -2.07. The van der Waals surface area contributed by atoms with Gasteiger partial charge in [0.25, 0.3) is 0 Å². The number of halogens is 1. The minimum Gasteiger partial charge on any atom is -0.478 e. The maximum Gasteiger partial charge on any atom is 0.335 e. The molecule has 1 aromatic carbocycles. The number of carbonyl (C=O) groups excluding carboxylic acids is 1. The largest absolute Gasteiger partial charge is 0.478 e. The Balaban J connectivity index is 2.10. The molecule has 1 aromatic heterocycles. The molecule has 0 atom stereocenters. The molecule has 0 radical (unpaired) electrons. The summed E-state index contributed by atoms with van der Waals surface area (Å²) >= 11 is 4.87. The molecular formula is C15H12BrNO3S. The number of carboxylic acids is 1. The van der Waals surface area contributed by atoms with Gasteiger partial charge < -0.3 is 10.4 Å². The van der Waals surface area contributed by atoms with Crippen LogP contribution in [0.2, 0.25) is 0 Å². The zero-order valence-electron chi connectivity index (χ0n) is 11.1. The van der Waals surface area contributed by atoms with E-state index in [9.17, 15) is 9.59 Å². The SMILES string of the molecule is Cc1ccc(C(=O)O)cc1NC(=O)/C=C/c1ccc(Br)s1. The summed E-state index contributed by atoms with van der Waals surface area (Å²) in [5.41, 5.74) is 1.44. The molecule has 2 aromatic rings. The molecule has 0 unspecified atom stereocenters. The highest BCUT2D eigenvalue weighted by Gasteiger charge is 2.07. The number of nitrogens with one attached hydrogen (secondary N) is 1. The Morgan fingerprint density at radius 1 is 1.29 bits per heavy atom. The van der Waals surface area contributed by atoms with Gasteiger partial charge in [-0.15, -0.1) is 11.3 Å². The van der Waals surface area contributed by atoms with Crippen molar-refractivity contribution < 1.29 is 14.7 Å². The van der Waals surface area contributed by atoms with Crippen LogP contribution < -0.4 is 5.32 Å². The third kappa shape index (κ3) is 4.27. The van der Waals surface area contributed by atoms with Crippen molar-refractivity contribution >= 4 is 50.9 Å². The monoisotopic (exact) mass is 365 g/mol. The van der Waals surface area contributed by atoms with Gasteiger partial charge in [-0.1, -0.05) is 6.07 Å². The number of benzene rings is 1. The van der Waals surface area contributed by atoms with Crippen LogP contribution in [0.15, 0.2) is 40.2 Å². The van der Waals surface area contributed by atoms with Crippen LogP contribution in [0.1, 0.15) is 20.8 Å². The first-order valence-electron chi connectivity index (χ1n) is 6.04. The maximum absolute atomic E-state index is 11.9. The Labute approximate surface area is 134 Å². The van der Waals surface area contributed by atoms with Gasteiger partial charge in [0, 0.05) is 16.6 Å². The summed E-state index contributed by atoms with van der Waals surface area (Å²) < 4.78 is 0.993. The Bertz CT molecular complexity index is 721. The third-order valence-corrected chi connectivity index (χ3v) is 4.32. The zero-order valence-corrected chi connectivity index (χ0v) is 13.5. The molecule has 2 rings (SSSR count). The van der Waals surface area contributed by atoms with Crippen LogP contribution in [0, 0.1) is 6.92 Å². The number of rotatable bonds is 4. The number of thiophene rings is 1. The molecule has 4 nitrogen and oxygen atoms in total. The molecule has 0 saturated heterocycles. The fraction of sp³-hybridized carbons (Fsp3) is 0.0667. The predicted octanol–water partition coefficient (Wildman–Crippen LogP) is 4.17. The highest BCUT2D eigenvalue weighted by Crippen LogP contribution is 2.23. The molecule has 0 aliphatic rings. The van der Waals surface area contributed by atoms with Crippen molar-refractivity contribution in [3.05, 3.63) is 56.2 Å². The quantitative estimate of drug-likeness (QED) is 0.799. The number of carbonyl (C=O) groups is 2. The number of amides is 1. The van der Waals surface area contributed by atoms with Gasteiger partial charge >= 0.3 is 5.97 Å². The second-order valence-corrected chi connectivity index (χ2v) is 6.79. The summed E-state index contributed by atoms with van der Waals surface area (Å²) in [6.07, 6.45) is 3.13. The van der Waals surface area contributed by atoms with Crippen molar-refractivity contribution in [1.82, 2.24) is 0 Å². The van der Waals surface area contributed by atoms with Crippen LogP contribution in [0.5, 0.6) is 0 Å². The maximum atomic E-state index is 11.9. The first-order chi connectivity index (χ1) is 9.95. The number of aromatic carboxylic acids is 1. The normalized spacial score (nSPS) is 10.8. The molecule has 108 valence electrons. The van der Waals surface area contributed by atoms with Gasteiger partial charge in [-0.2, -0.15) is 0 Å². The van der Waals surface area contributed by atoms with Crippen LogP contribution in [0.3, 0.4) is 0 Å². The number of aryl methyl sites for hydroxylation is 1. The van der Waals surface area contributed by atoms with E-state index in [4.69, 9.17) is 5.11 Å². The molecule has 21 heavy (non-hydrogen) atoms. The number of hydrogen-bond donors (Lipinski definition) is 2. The van der Waals surface area contributed by atoms with Gasteiger partial charge in [0.05, 0.1) is 9.35 Å². The lowest BCUT2D eigenvalue weighted by Crippen LogP contribution is -2.10. The van der Waals surface area contributed by atoms with Crippen LogP contribution in [0.4, 0.5) is 5.69 Å². The molecule has 0 spiro atoms. The second kappa shape index (κ2) is 6.69. The number of carboxylic acid groups (broad SMARTS) is 1. The molecule has 0 fully saturated rings. The Kier molecular flexibility index (Phi) is 4.93. The minimum absolute atomic E-state index is 0.141. The predicted molar refractivity (Wildman–Crippen MR) is 87.8 cm³/mol. The first kappa shape index (κ1) is 15.5. The van der Waals surface area contributed by atoms with E-state index < -0.39 is 5.97 Å². The van der Waals surface area contributed by atoms with E-state index in [0.29, 0.717) is 5.69 Å². The highest BCUT2D eigenvalue weighted by atomic mass is 79.9. The number of hydrogen-bond acceptors (Lipinski definition) is 3. The molecule has 0 saturated carbocycles. The van der Waals surface area contributed by atoms with Crippen molar-refractivity contribution in [1.29, 1.82) is 0 Å². The lowest BCUT2D eigenvalue weighted by molar-refractivity contribution is -0.111. The first-order valence-corrected chi connectivity index (χ1v) is 7.65. The number of anilines is 1. The fourth-order valence-electron chi connectivity index (χ4n) is 1.64. The van der Waals surface area contributed by atoms with Gasteiger partial charge in [-0.05, 0) is 58.8 Å². The topological polar surface area (TPSA) is 66.4 Å². The van der Waals surface area contributed by atoms with E-state index in [0.717, 1.165) is 14.2 Å². The second-order valence-electron chi connectivity index (χ2n) is 4.30. The minimum atomic E-state index is -1.02.